The molecule has 1 heterocycles. The van der Waals surface area contributed by atoms with Gasteiger partial charge in [0.1, 0.15) is 11.4 Å². The first-order chi connectivity index (χ1) is 9.91. The fourth-order valence-electron chi connectivity index (χ4n) is 1.86. The molecule has 0 aliphatic carbocycles. The molecule has 6 heteroatoms. The zero-order valence-electron chi connectivity index (χ0n) is 11.5. The number of urea groups is 1. The molecular weight excluding hydrogens is 275 g/mol. The molecule has 0 atom stereocenters. The molecular formula is C15H13FN2O3. The van der Waals surface area contributed by atoms with Crippen molar-refractivity contribution in [1.29, 1.82) is 0 Å². The van der Waals surface area contributed by atoms with Gasteiger partial charge in [-0.15, -0.1) is 0 Å². The lowest BCUT2D eigenvalue weighted by molar-refractivity contribution is -0.134. The maximum Gasteiger partial charge on any atom is 0.333 e. The summed E-state index contributed by atoms with van der Waals surface area (Å²) in [5.41, 5.74) is 0.479. The summed E-state index contributed by atoms with van der Waals surface area (Å²) < 4.78 is 13.0. The van der Waals surface area contributed by atoms with Gasteiger partial charge in [-0.3, -0.25) is 19.4 Å². The Balaban J connectivity index is 2.25. The normalized spacial score (nSPS) is 16.1. The topological polar surface area (TPSA) is 57.7 Å². The van der Waals surface area contributed by atoms with Crippen LogP contribution >= 0.6 is 0 Å². The van der Waals surface area contributed by atoms with Crippen LogP contribution in [0.25, 0.3) is 6.08 Å². The van der Waals surface area contributed by atoms with Gasteiger partial charge in [0.15, 0.2) is 0 Å². The summed E-state index contributed by atoms with van der Waals surface area (Å²) in [5, 5.41) is 0. The second-order valence-electron chi connectivity index (χ2n) is 4.51. The number of benzene rings is 1. The highest BCUT2D eigenvalue weighted by Gasteiger charge is 2.37. The van der Waals surface area contributed by atoms with Crippen molar-refractivity contribution in [2.45, 2.75) is 0 Å². The number of likely N-dealkylation sites (N-methyl/N-ethyl adjacent to an activating group) is 2. The van der Waals surface area contributed by atoms with Gasteiger partial charge in [0.05, 0.1) is 0 Å². The van der Waals surface area contributed by atoms with E-state index in [-0.39, 0.29) is 11.4 Å². The molecule has 1 aromatic carbocycles. The Kier molecular flexibility index (Phi) is 3.98. The van der Waals surface area contributed by atoms with E-state index >= 15 is 0 Å². The summed E-state index contributed by atoms with van der Waals surface area (Å²) in [4.78, 5) is 37.0. The van der Waals surface area contributed by atoms with Crippen LogP contribution in [0.4, 0.5) is 9.18 Å². The van der Waals surface area contributed by atoms with Gasteiger partial charge in [-0.05, 0) is 23.8 Å². The van der Waals surface area contributed by atoms with Crippen molar-refractivity contribution in [1.82, 2.24) is 9.80 Å². The van der Waals surface area contributed by atoms with Crippen LogP contribution in [0.2, 0.25) is 0 Å². The van der Waals surface area contributed by atoms with Gasteiger partial charge < -0.3 is 0 Å². The molecule has 1 aliphatic rings. The Labute approximate surface area is 121 Å². The van der Waals surface area contributed by atoms with Crippen molar-refractivity contribution < 1.29 is 18.8 Å². The minimum Gasteiger partial charge on any atom is -0.268 e. The summed E-state index contributed by atoms with van der Waals surface area (Å²) in [6.45, 7) is 0. The number of amides is 4. The van der Waals surface area contributed by atoms with Crippen molar-refractivity contribution in [3.05, 3.63) is 53.4 Å². The second kappa shape index (κ2) is 5.70. The minimum atomic E-state index is -0.670. The summed E-state index contributed by atoms with van der Waals surface area (Å²) in [6, 6.07) is 5.21. The molecule has 0 unspecified atom stereocenters. The monoisotopic (exact) mass is 288 g/mol. The van der Waals surface area contributed by atoms with Gasteiger partial charge in [0.25, 0.3) is 11.8 Å². The minimum absolute atomic E-state index is 0.118. The van der Waals surface area contributed by atoms with Crippen LogP contribution in [0.5, 0.6) is 0 Å². The molecule has 4 amide bonds. The third kappa shape index (κ3) is 2.89. The van der Waals surface area contributed by atoms with Crippen LogP contribution in [0, 0.1) is 5.82 Å². The zero-order valence-corrected chi connectivity index (χ0v) is 11.5. The fraction of sp³-hybridized carbons (Fsp3) is 0.133. The number of rotatable bonds is 2. The molecule has 108 valence electrons. The molecule has 0 aromatic heterocycles. The lowest BCUT2D eigenvalue weighted by Crippen LogP contribution is -2.52. The lowest BCUT2D eigenvalue weighted by Gasteiger charge is -2.28. The lowest BCUT2D eigenvalue weighted by atomic mass is 10.1. The smallest absolute Gasteiger partial charge is 0.268 e. The Morgan fingerprint density at radius 2 is 1.67 bits per heavy atom. The maximum atomic E-state index is 13.0. The highest BCUT2D eigenvalue weighted by atomic mass is 19.1. The van der Waals surface area contributed by atoms with E-state index in [1.807, 2.05) is 0 Å². The van der Waals surface area contributed by atoms with Crippen molar-refractivity contribution in [3.63, 3.8) is 0 Å². The molecule has 1 saturated heterocycles. The SMILES string of the molecule is CN1C(=O)C(=CC=Cc2cccc(F)c2)C(=O)N(C)C1=O. The van der Waals surface area contributed by atoms with Crippen LogP contribution in [0.15, 0.2) is 42.0 Å². The average molecular weight is 288 g/mol. The summed E-state index contributed by atoms with van der Waals surface area (Å²) in [7, 11) is 2.61. The molecule has 1 aromatic rings. The maximum absolute atomic E-state index is 13.0. The molecule has 0 radical (unpaired) electrons. The first-order valence-corrected chi connectivity index (χ1v) is 6.16. The zero-order chi connectivity index (χ0) is 15.6. The number of imide groups is 2. The number of allylic oxidation sites excluding steroid dienone is 2. The quantitative estimate of drug-likeness (QED) is 0.616. The van der Waals surface area contributed by atoms with Crippen molar-refractivity contribution in [2.75, 3.05) is 14.1 Å². The standard InChI is InChI=1S/C15H13FN2O3/c1-17-13(19)12(14(20)18(2)15(17)21)8-4-6-10-5-3-7-11(16)9-10/h3-9H,1-2H3. The predicted octanol–water partition coefficient (Wildman–Crippen LogP) is 1.82. The van der Waals surface area contributed by atoms with E-state index < -0.39 is 17.8 Å². The Morgan fingerprint density at radius 1 is 1.05 bits per heavy atom. The van der Waals surface area contributed by atoms with E-state index in [1.165, 1.54) is 38.4 Å². The second-order valence-corrected chi connectivity index (χ2v) is 4.51. The van der Waals surface area contributed by atoms with Gasteiger partial charge in [0, 0.05) is 14.1 Å². The number of halogens is 1. The fourth-order valence-corrected chi connectivity index (χ4v) is 1.86. The number of nitrogens with zero attached hydrogens (tertiary/aromatic N) is 2. The largest absolute Gasteiger partial charge is 0.333 e. The van der Waals surface area contributed by atoms with Crippen LogP contribution in [-0.2, 0) is 9.59 Å². The number of carbonyl (C=O) groups is 3. The molecule has 0 saturated carbocycles. The summed E-state index contributed by atoms with van der Waals surface area (Å²) in [5.74, 6) is -1.70. The molecule has 5 nitrogen and oxygen atoms in total. The molecule has 0 N–H and O–H groups in total. The first kappa shape index (κ1) is 14.6. The van der Waals surface area contributed by atoms with Gasteiger partial charge in [-0.1, -0.05) is 24.3 Å². The number of hydrogen-bond acceptors (Lipinski definition) is 3. The Hall–Kier alpha value is -2.76. The van der Waals surface area contributed by atoms with Crippen LogP contribution in [-0.4, -0.2) is 41.7 Å². The van der Waals surface area contributed by atoms with E-state index in [9.17, 15) is 18.8 Å². The van der Waals surface area contributed by atoms with Crippen LogP contribution in [0.3, 0.4) is 0 Å². The highest BCUT2D eigenvalue weighted by Crippen LogP contribution is 2.15. The van der Waals surface area contributed by atoms with Crippen LogP contribution in [0.1, 0.15) is 5.56 Å². The Bertz CT molecular complexity index is 653. The molecule has 0 spiro atoms. The van der Waals surface area contributed by atoms with E-state index in [2.05, 4.69) is 0 Å². The van der Waals surface area contributed by atoms with Crippen LogP contribution < -0.4 is 0 Å². The van der Waals surface area contributed by atoms with Gasteiger partial charge in [-0.25, -0.2) is 9.18 Å². The predicted molar refractivity (Wildman–Crippen MR) is 74.5 cm³/mol. The van der Waals surface area contributed by atoms with E-state index in [1.54, 1.807) is 18.2 Å². The Morgan fingerprint density at radius 3 is 2.24 bits per heavy atom. The van der Waals surface area contributed by atoms with E-state index in [0.29, 0.717) is 5.56 Å². The molecule has 0 bridgehead atoms. The first-order valence-electron chi connectivity index (χ1n) is 6.16. The van der Waals surface area contributed by atoms with Gasteiger partial charge in [-0.2, -0.15) is 0 Å². The third-order valence-electron chi connectivity index (χ3n) is 3.04. The summed E-state index contributed by atoms with van der Waals surface area (Å²) >= 11 is 0. The summed E-state index contributed by atoms with van der Waals surface area (Å²) in [6.07, 6.45) is 4.35. The molecule has 2 rings (SSSR count). The van der Waals surface area contributed by atoms with Crippen molar-refractivity contribution in [3.8, 4) is 0 Å². The average Bonchev–Trinajstić information content (AvgIpc) is 2.47. The van der Waals surface area contributed by atoms with E-state index in [4.69, 9.17) is 0 Å². The molecule has 1 aliphatic heterocycles. The highest BCUT2D eigenvalue weighted by molar-refractivity contribution is 6.28. The third-order valence-corrected chi connectivity index (χ3v) is 3.04. The molecule has 21 heavy (non-hydrogen) atoms. The van der Waals surface area contributed by atoms with Crippen molar-refractivity contribution in [2.24, 2.45) is 0 Å². The number of hydrogen-bond donors (Lipinski definition) is 0. The van der Waals surface area contributed by atoms with Crippen molar-refractivity contribution >= 4 is 23.9 Å². The van der Waals surface area contributed by atoms with Gasteiger partial charge >= 0.3 is 6.03 Å². The van der Waals surface area contributed by atoms with E-state index in [0.717, 1.165) is 9.80 Å². The number of carbonyl (C=O) groups excluding carboxylic acids is 3. The number of barbiturate groups is 1. The molecule has 1 fully saturated rings. The van der Waals surface area contributed by atoms with Gasteiger partial charge in [0.2, 0.25) is 0 Å².